The molecule has 0 radical (unpaired) electrons. The Morgan fingerprint density at radius 1 is 1.57 bits per heavy atom. The van der Waals surface area contributed by atoms with Crippen LogP contribution in [0.4, 0.5) is 0 Å². The van der Waals surface area contributed by atoms with E-state index in [0.29, 0.717) is 0 Å². The Bertz CT molecular complexity index is 316. The van der Waals surface area contributed by atoms with E-state index in [1.165, 1.54) is 5.56 Å². The van der Waals surface area contributed by atoms with Crippen LogP contribution in [0, 0.1) is 0 Å². The average Bonchev–Trinajstić information content (AvgIpc) is 2.54. The predicted octanol–water partition coefficient (Wildman–Crippen LogP) is 0.760. The highest BCUT2D eigenvalue weighted by molar-refractivity contribution is 5.48. The molecule has 0 saturated heterocycles. The molecule has 0 spiro atoms. The fourth-order valence-electron chi connectivity index (χ4n) is 1.87. The summed E-state index contributed by atoms with van der Waals surface area (Å²) in [4.78, 5) is 0. The minimum atomic E-state index is 0.287. The first-order valence-electron chi connectivity index (χ1n) is 4.90. The van der Waals surface area contributed by atoms with E-state index in [0.717, 1.165) is 30.0 Å². The highest BCUT2D eigenvalue weighted by Crippen LogP contribution is 2.34. The first-order chi connectivity index (χ1) is 6.74. The van der Waals surface area contributed by atoms with Crippen molar-refractivity contribution in [2.24, 2.45) is 0 Å². The largest absolute Gasteiger partial charge is 0.496 e. The van der Waals surface area contributed by atoms with Crippen molar-refractivity contribution in [2.75, 3.05) is 7.11 Å². The fraction of sp³-hybridized carbons (Fsp3) is 0.455. The number of quaternary nitrogens is 1. The van der Waals surface area contributed by atoms with Gasteiger partial charge in [0.2, 0.25) is 0 Å². The van der Waals surface area contributed by atoms with Crippen LogP contribution in [-0.4, -0.2) is 13.2 Å². The quantitative estimate of drug-likeness (QED) is 0.755. The summed E-state index contributed by atoms with van der Waals surface area (Å²) < 4.78 is 11.0. The van der Waals surface area contributed by atoms with Gasteiger partial charge in [-0.25, -0.2) is 0 Å². The number of methoxy groups -OCH3 is 1. The zero-order valence-corrected chi connectivity index (χ0v) is 8.67. The Kier molecular flexibility index (Phi) is 2.33. The minimum absolute atomic E-state index is 0.287. The summed E-state index contributed by atoms with van der Waals surface area (Å²) in [5.41, 5.74) is 6.23. The van der Waals surface area contributed by atoms with Crippen LogP contribution < -0.4 is 15.2 Å². The second-order valence-electron chi connectivity index (χ2n) is 3.65. The van der Waals surface area contributed by atoms with E-state index in [1.54, 1.807) is 7.11 Å². The molecular weight excluding hydrogens is 178 g/mol. The van der Waals surface area contributed by atoms with Crippen molar-refractivity contribution in [1.29, 1.82) is 0 Å². The molecule has 0 bridgehead atoms. The summed E-state index contributed by atoms with van der Waals surface area (Å²) in [6, 6.07) is 4.12. The molecule has 1 aliphatic heterocycles. The van der Waals surface area contributed by atoms with E-state index in [9.17, 15) is 0 Å². The molecule has 0 unspecified atom stereocenters. The highest BCUT2D eigenvalue weighted by Gasteiger charge is 2.21. The Labute approximate surface area is 83.8 Å². The molecule has 3 heteroatoms. The molecule has 0 fully saturated rings. The second kappa shape index (κ2) is 3.50. The molecule has 3 nitrogen and oxygen atoms in total. The van der Waals surface area contributed by atoms with Crippen LogP contribution in [0.3, 0.4) is 0 Å². The lowest BCUT2D eigenvalue weighted by Gasteiger charge is -2.07. The molecule has 0 aliphatic carbocycles. The smallest absolute Gasteiger partial charge is 0.128 e. The number of benzene rings is 1. The van der Waals surface area contributed by atoms with Crippen LogP contribution in [0.1, 0.15) is 18.1 Å². The van der Waals surface area contributed by atoms with Gasteiger partial charge in [-0.3, -0.25) is 0 Å². The molecule has 1 aromatic rings. The van der Waals surface area contributed by atoms with E-state index in [4.69, 9.17) is 9.47 Å². The first-order valence-corrected chi connectivity index (χ1v) is 4.90. The maximum absolute atomic E-state index is 5.67. The van der Waals surface area contributed by atoms with Crippen molar-refractivity contribution in [3.63, 3.8) is 0 Å². The Balaban J connectivity index is 2.43. The molecule has 3 N–H and O–H groups in total. The van der Waals surface area contributed by atoms with E-state index in [2.05, 4.69) is 18.7 Å². The van der Waals surface area contributed by atoms with Gasteiger partial charge in [-0.2, -0.15) is 0 Å². The predicted molar refractivity (Wildman–Crippen MR) is 53.4 cm³/mol. The lowest BCUT2D eigenvalue weighted by Crippen LogP contribution is -2.47. The molecule has 1 aliphatic rings. The number of fused-ring (bicyclic) bond motifs is 1. The van der Waals surface area contributed by atoms with Gasteiger partial charge >= 0.3 is 0 Å². The van der Waals surface area contributed by atoms with Gasteiger partial charge in [0.15, 0.2) is 0 Å². The minimum Gasteiger partial charge on any atom is -0.496 e. The standard InChI is InChI=1S/C11H15NO2/c1-7-3-8-4-10(13-2)9(6-12)5-11(8)14-7/h4-5,7H,3,6,12H2,1-2H3/p+1/t7-/m1/s1. The number of rotatable bonds is 2. The topological polar surface area (TPSA) is 46.1 Å². The average molecular weight is 194 g/mol. The van der Waals surface area contributed by atoms with Crippen molar-refractivity contribution in [1.82, 2.24) is 0 Å². The van der Waals surface area contributed by atoms with Crippen LogP contribution in [0.5, 0.6) is 11.5 Å². The SMILES string of the molecule is COc1cc2c(cc1C[NH3+])O[C@H](C)C2. The van der Waals surface area contributed by atoms with Crippen molar-refractivity contribution in [2.45, 2.75) is 26.0 Å². The van der Waals surface area contributed by atoms with E-state index in [-0.39, 0.29) is 6.10 Å². The van der Waals surface area contributed by atoms with Crippen LogP contribution in [0.2, 0.25) is 0 Å². The Morgan fingerprint density at radius 3 is 3.00 bits per heavy atom. The molecule has 0 aromatic heterocycles. The van der Waals surface area contributed by atoms with Crippen LogP contribution in [-0.2, 0) is 13.0 Å². The van der Waals surface area contributed by atoms with Gasteiger partial charge in [0, 0.05) is 12.0 Å². The van der Waals surface area contributed by atoms with Crippen molar-refractivity contribution in [3.8, 4) is 11.5 Å². The summed E-state index contributed by atoms with van der Waals surface area (Å²) in [7, 11) is 1.69. The normalized spacial score (nSPS) is 18.9. The molecule has 76 valence electrons. The number of hydrogen-bond donors (Lipinski definition) is 1. The van der Waals surface area contributed by atoms with E-state index >= 15 is 0 Å². The van der Waals surface area contributed by atoms with Gasteiger partial charge in [-0.05, 0) is 19.1 Å². The van der Waals surface area contributed by atoms with Gasteiger partial charge in [0.05, 0.1) is 12.7 Å². The summed E-state index contributed by atoms with van der Waals surface area (Å²) >= 11 is 0. The third-order valence-electron chi connectivity index (χ3n) is 2.57. The molecular formula is C11H16NO2+. The molecule has 0 saturated carbocycles. The van der Waals surface area contributed by atoms with Gasteiger partial charge in [-0.15, -0.1) is 0 Å². The van der Waals surface area contributed by atoms with Crippen LogP contribution in [0.25, 0.3) is 0 Å². The summed E-state index contributed by atoms with van der Waals surface area (Å²) in [5.74, 6) is 1.92. The summed E-state index contributed by atoms with van der Waals surface area (Å²) in [6.45, 7) is 2.81. The maximum atomic E-state index is 5.67. The number of ether oxygens (including phenoxy) is 2. The van der Waals surface area contributed by atoms with Gasteiger partial charge in [0.25, 0.3) is 0 Å². The molecule has 14 heavy (non-hydrogen) atoms. The lowest BCUT2D eigenvalue weighted by molar-refractivity contribution is -0.386. The van der Waals surface area contributed by atoms with Crippen LogP contribution >= 0.6 is 0 Å². The van der Waals surface area contributed by atoms with Gasteiger partial charge in [0.1, 0.15) is 24.1 Å². The van der Waals surface area contributed by atoms with Gasteiger partial charge < -0.3 is 15.2 Å². The molecule has 2 rings (SSSR count). The molecule has 0 amide bonds. The second-order valence-corrected chi connectivity index (χ2v) is 3.65. The van der Waals surface area contributed by atoms with E-state index in [1.807, 2.05) is 6.07 Å². The fourth-order valence-corrected chi connectivity index (χ4v) is 1.87. The first kappa shape index (κ1) is 9.34. The monoisotopic (exact) mass is 194 g/mol. The van der Waals surface area contributed by atoms with Crippen molar-refractivity contribution >= 4 is 0 Å². The zero-order chi connectivity index (χ0) is 10.1. The Morgan fingerprint density at radius 2 is 2.36 bits per heavy atom. The van der Waals surface area contributed by atoms with Crippen LogP contribution in [0.15, 0.2) is 12.1 Å². The molecule has 1 aromatic carbocycles. The third-order valence-corrected chi connectivity index (χ3v) is 2.57. The number of hydrogen-bond acceptors (Lipinski definition) is 2. The summed E-state index contributed by atoms with van der Waals surface area (Å²) in [6.07, 6.45) is 1.26. The van der Waals surface area contributed by atoms with Crippen molar-refractivity contribution < 1.29 is 15.2 Å². The lowest BCUT2D eigenvalue weighted by atomic mass is 10.1. The zero-order valence-electron chi connectivity index (χ0n) is 8.67. The maximum Gasteiger partial charge on any atom is 0.128 e. The molecule has 1 atom stereocenters. The summed E-state index contributed by atoms with van der Waals surface area (Å²) in [5, 5.41) is 0. The Hall–Kier alpha value is -1.22. The van der Waals surface area contributed by atoms with Gasteiger partial charge in [-0.1, -0.05) is 0 Å². The molecule has 1 heterocycles. The highest BCUT2D eigenvalue weighted by atomic mass is 16.5. The van der Waals surface area contributed by atoms with Crippen molar-refractivity contribution in [3.05, 3.63) is 23.3 Å². The third kappa shape index (κ3) is 1.44. The van der Waals surface area contributed by atoms with E-state index < -0.39 is 0 Å².